The van der Waals surface area contributed by atoms with Crippen molar-refractivity contribution in [3.05, 3.63) is 108 Å². The van der Waals surface area contributed by atoms with Gasteiger partial charge in [-0.15, -0.1) is 0 Å². The number of ether oxygens (including phenoxy) is 5. The summed E-state index contributed by atoms with van der Waals surface area (Å²) in [5, 5.41) is 41.3. The lowest BCUT2D eigenvalue weighted by atomic mass is 10.1. The summed E-state index contributed by atoms with van der Waals surface area (Å²) in [4.78, 5) is 14.3. The lowest BCUT2D eigenvalue weighted by molar-refractivity contribution is 0.143. The molecule has 0 bridgehead atoms. The third kappa shape index (κ3) is 8.56. The molecule has 16 nitrogen and oxygen atoms in total. The molecule has 7 N–H and O–H groups in total. The van der Waals surface area contributed by atoms with Crippen molar-refractivity contribution in [2.24, 2.45) is 0 Å². The first kappa shape index (κ1) is 41.6. The molecular weight excluding hydrogens is 801 g/mol. The maximum Gasteiger partial charge on any atom is 0.145 e. The van der Waals surface area contributed by atoms with Crippen LogP contribution in [0.15, 0.2) is 102 Å². The van der Waals surface area contributed by atoms with E-state index in [0.717, 1.165) is 65.5 Å². The van der Waals surface area contributed by atoms with Gasteiger partial charge in [-0.05, 0) is 63.0 Å². The van der Waals surface area contributed by atoms with E-state index in [0.29, 0.717) is 65.5 Å². The van der Waals surface area contributed by atoms with Crippen molar-refractivity contribution in [2.45, 2.75) is 37.8 Å². The molecule has 5 heterocycles. The number of benzene rings is 4. The molecule has 2 fully saturated rings. The summed E-state index contributed by atoms with van der Waals surface area (Å²) in [6, 6.07) is 26.0. The van der Waals surface area contributed by atoms with E-state index in [1.54, 1.807) is 32.3 Å². The van der Waals surface area contributed by atoms with Crippen LogP contribution in [0.1, 0.15) is 31.5 Å². The summed E-state index contributed by atoms with van der Waals surface area (Å²) >= 11 is 0. The number of anilines is 4. The zero-order chi connectivity index (χ0) is 43.5. The first-order valence-electron chi connectivity index (χ1n) is 21.4. The van der Waals surface area contributed by atoms with Gasteiger partial charge in [0, 0.05) is 49.5 Å². The van der Waals surface area contributed by atoms with Crippen molar-refractivity contribution < 1.29 is 28.8 Å². The number of nitrogens with zero attached hydrogens (tertiary/aromatic N) is 4. The fourth-order valence-corrected chi connectivity index (χ4v) is 8.84. The molecule has 16 heteroatoms. The smallest absolute Gasteiger partial charge is 0.145 e. The van der Waals surface area contributed by atoms with Crippen LogP contribution in [0.3, 0.4) is 0 Å². The van der Waals surface area contributed by atoms with Crippen LogP contribution in [0, 0.1) is 10.8 Å². The number of aromatic nitrogens is 2. The molecule has 4 aromatic carbocycles. The highest BCUT2D eigenvalue weighted by atomic mass is 16.5. The van der Waals surface area contributed by atoms with Gasteiger partial charge in [-0.1, -0.05) is 24.3 Å². The van der Waals surface area contributed by atoms with Crippen molar-refractivity contribution in [3.8, 4) is 23.0 Å². The van der Waals surface area contributed by atoms with Gasteiger partial charge in [0.2, 0.25) is 0 Å². The number of H-pyrrole nitrogens is 1. The van der Waals surface area contributed by atoms with E-state index in [9.17, 15) is 15.9 Å². The lowest BCUT2D eigenvalue weighted by Crippen LogP contribution is -2.44. The Bertz CT molecular complexity index is 2480. The minimum absolute atomic E-state index is 0.0328. The summed E-state index contributed by atoms with van der Waals surface area (Å²) in [7, 11) is 4.79. The number of amidine groups is 2. The van der Waals surface area contributed by atoms with E-state index >= 15 is 0 Å². The van der Waals surface area contributed by atoms with Crippen LogP contribution >= 0.6 is 0 Å². The lowest BCUT2D eigenvalue weighted by Gasteiger charge is -2.33. The van der Waals surface area contributed by atoms with Gasteiger partial charge in [0.1, 0.15) is 58.8 Å². The first-order valence-corrected chi connectivity index (χ1v) is 21.4. The number of hydrogen-bond donors (Lipinski definition) is 7. The molecule has 2 saturated heterocycles. The Kier molecular flexibility index (Phi) is 12.1. The molecule has 1 aromatic heterocycles. The van der Waals surface area contributed by atoms with Gasteiger partial charge in [-0.3, -0.25) is 16.1 Å². The molecule has 0 radical (unpaired) electrons. The molecular formula is C47H54N10O6. The third-order valence-electron chi connectivity index (χ3n) is 12.1. The van der Waals surface area contributed by atoms with Crippen molar-refractivity contribution in [1.82, 2.24) is 20.2 Å². The Labute approximate surface area is 366 Å². The Hall–Kier alpha value is -6.75. The minimum atomic E-state index is -0.609. The number of likely N-dealkylation sites (tertiary alicyclic amines) is 1. The number of hydrogen-bond acceptors (Lipinski definition) is 13. The molecule has 0 spiro atoms. The average molecular weight is 855 g/mol. The van der Waals surface area contributed by atoms with Crippen molar-refractivity contribution in [2.75, 3.05) is 87.9 Å². The molecule has 2 atom stereocenters. The molecule has 0 amide bonds. The first-order chi connectivity index (χ1) is 30.8. The van der Waals surface area contributed by atoms with Crippen LogP contribution < -0.4 is 44.7 Å². The van der Waals surface area contributed by atoms with Gasteiger partial charge in [0.25, 0.3) is 0 Å². The highest BCUT2D eigenvalue weighted by molar-refractivity contribution is 6.31. The highest BCUT2D eigenvalue weighted by Crippen LogP contribution is 2.40. The zero-order valence-electron chi connectivity index (χ0n) is 35.8. The summed E-state index contributed by atoms with van der Waals surface area (Å²) in [5.41, 5.74) is 5.90. The second-order valence-electron chi connectivity index (χ2n) is 16.0. The van der Waals surface area contributed by atoms with Crippen molar-refractivity contribution in [3.63, 3.8) is 0 Å². The van der Waals surface area contributed by atoms with Crippen LogP contribution in [-0.2, 0) is 4.74 Å². The Morgan fingerprint density at radius 2 is 1.43 bits per heavy atom. The van der Waals surface area contributed by atoms with Gasteiger partial charge in [-0.2, -0.15) is 0 Å². The van der Waals surface area contributed by atoms with Gasteiger partial charge in [-0.25, -0.2) is 4.98 Å². The van der Waals surface area contributed by atoms with Crippen LogP contribution in [-0.4, -0.2) is 111 Å². The Morgan fingerprint density at radius 1 is 0.794 bits per heavy atom. The maximum absolute atomic E-state index is 11.9. The Morgan fingerprint density at radius 3 is 2.11 bits per heavy atom. The molecule has 63 heavy (non-hydrogen) atoms. The number of fused-ring (bicyclic) bond motifs is 2. The van der Waals surface area contributed by atoms with Crippen LogP contribution in [0.2, 0.25) is 0 Å². The fourth-order valence-electron chi connectivity index (χ4n) is 8.84. The topological polar surface area (TPSA) is 189 Å². The standard InChI is InChI=1S/C47H54N10O6/c1-59-32-21-31(22-33(24-32)60-2)57-41(43(58)42(45(57)49)47-53-39-12-6-7-13-40(39)54-47)14-16-50-28-63-35-23-30(20-34(25-35)61-3)56-29(15-19-55-17-8-9-18-55)26-62-27-36(44(56)48)46-51-37-10-4-5-11-38(37)52-46/h4-7,10-13,20-25,29,41,48-52,58H,8-9,14-19,26-28H2,1-3H3,(H,53,54). The number of aliphatic hydroxyl groups is 1. The number of methoxy groups -OCH3 is 3. The molecule has 328 valence electrons. The summed E-state index contributed by atoms with van der Waals surface area (Å²) < 4.78 is 29.7. The number of para-hydroxylation sites is 4. The largest absolute Gasteiger partial charge is 0.509 e. The van der Waals surface area contributed by atoms with Crippen LogP contribution in [0.4, 0.5) is 22.7 Å². The molecule has 4 aliphatic rings. The van der Waals surface area contributed by atoms with E-state index in [2.05, 4.69) is 30.7 Å². The number of aromatic amines is 1. The van der Waals surface area contributed by atoms with Gasteiger partial charge in [0.05, 0.1) is 91.6 Å². The minimum Gasteiger partial charge on any atom is -0.509 e. The number of rotatable bonds is 15. The predicted molar refractivity (Wildman–Crippen MR) is 246 cm³/mol. The maximum atomic E-state index is 11.9. The zero-order valence-corrected chi connectivity index (χ0v) is 35.8. The SMILES string of the molecule is COc1cc(OCNCCC2C(O)=C(c3nc4ccccc4[nH]3)C(=N)N2c2cc(OC)cc(OC)c2)cc(N2C(=N)C(=C3Nc4ccccc4N3)COCC2CCN2CCCC2)c1. The number of nitrogens with one attached hydrogen (secondary N) is 6. The van der Waals surface area contributed by atoms with Gasteiger partial charge >= 0.3 is 0 Å². The molecule has 4 aliphatic heterocycles. The van der Waals surface area contributed by atoms with Crippen molar-refractivity contribution >= 4 is 51.0 Å². The van der Waals surface area contributed by atoms with E-state index in [1.165, 1.54) is 12.8 Å². The summed E-state index contributed by atoms with van der Waals surface area (Å²) in [6.07, 6.45) is 3.65. The van der Waals surface area contributed by atoms with Crippen LogP contribution in [0.25, 0.3) is 16.6 Å². The predicted octanol–water partition coefficient (Wildman–Crippen LogP) is 7.16. The Balaban J connectivity index is 0.943. The second kappa shape index (κ2) is 18.3. The summed E-state index contributed by atoms with van der Waals surface area (Å²) in [5.74, 6) is 3.90. The molecule has 2 unspecified atom stereocenters. The van der Waals surface area contributed by atoms with Gasteiger partial charge < -0.3 is 59.1 Å². The molecule has 0 saturated carbocycles. The number of imidazole rings is 1. The van der Waals surface area contributed by atoms with Crippen molar-refractivity contribution in [1.29, 1.82) is 10.8 Å². The van der Waals surface area contributed by atoms with E-state index in [1.807, 2.05) is 78.9 Å². The quantitative estimate of drug-likeness (QED) is 0.0416. The third-order valence-corrected chi connectivity index (χ3v) is 12.1. The van der Waals surface area contributed by atoms with E-state index < -0.39 is 6.04 Å². The fraction of sp³-hybridized carbons (Fsp3) is 0.340. The molecule has 9 rings (SSSR count). The van der Waals surface area contributed by atoms with E-state index in [-0.39, 0.29) is 31.0 Å². The average Bonchev–Trinajstić information content (AvgIpc) is 4.10. The van der Waals surface area contributed by atoms with Crippen LogP contribution in [0.5, 0.6) is 23.0 Å². The normalized spacial score (nSPS) is 19.1. The highest BCUT2D eigenvalue weighted by Gasteiger charge is 2.40. The summed E-state index contributed by atoms with van der Waals surface area (Å²) in [6.45, 7) is 4.39. The monoisotopic (exact) mass is 854 g/mol. The van der Waals surface area contributed by atoms with E-state index in [4.69, 9.17) is 28.7 Å². The van der Waals surface area contributed by atoms with Gasteiger partial charge in [0.15, 0.2) is 0 Å². The second-order valence-corrected chi connectivity index (χ2v) is 16.0. The number of aliphatic hydroxyl groups excluding tert-OH is 1. The molecule has 0 aliphatic carbocycles. The molecule has 5 aromatic rings.